The Kier molecular flexibility index (Phi) is 4.52. The highest BCUT2D eigenvalue weighted by Crippen LogP contribution is 2.44. The molecule has 1 saturated heterocycles. The lowest BCUT2D eigenvalue weighted by atomic mass is 9.72. The van der Waals surface area contributed by atoms with Gasteiger partial charge in [0.25, 0.3) is 0 Å². The van der Waals surface area contributed by atoms with Gasteiger partial charge in [0.2, 0.25) is 0 Å². The molecule has 0 spiro atoms. The molecule has 0 bridgehead atoms. The number of hydrogen-bond acceptors (Lipinski definition) is 3. The fraction of sp³-hybridized carbons (Fsp3) is 0.600. The van der Waals surface area contributed by atoms with Crippen LogP contribution in [0.3, 0.4) is 0 Å². The number of carbonyl (C=O) groups is 2. The van der Waals surface area contributed by atoms with Crippen molar-refractivity contribution in [2.24, 2.45) is 5.41 Å². The molecule has 5 heteroatoms. The van der Waals surface area contributed by atoms with Crippen LogP contribution in [-0.2, 0) is 6.42 Å². The van der Waals surface area contributed by atoms with Crippen LogP contribution in [0.25, 0.3) is 0 Å². The normalized spacial score (nSPS) is 23.5. The third-order valence-corrected chi connectivity index (χ3v) is 5.85. The molecule has 1 fully saturated rings. The Hall–Kier alpha value is -2.04. The lowest BCUT2D eigenvalue weighted by molar-refractivity contribution is -0.00392. The van der Waals surface area contributed by atoms with Crippen LogP contribution < -0.4 is 4.74 Å². The van der Waals surface area contributed by atoms with Crippen LogP contribution in [0.5, 0.6) is 5.75 Å². The molecule has 1 heterocycles. The summed E-state index contributed by atoms with van der Waals surface area (Å²) in [7, 11) is 0. The van der Waals surface area contributed by atoms with E-state index in [-0.39, 0.29) is 11.2 Å². The van der Waals surface area contributed by atoms with Crippen molar-refractivity contribution < 1.29 is 19.4 Å². The first-order chi connectivity index (χ1) is 11.8. The van der Waals surface area contributed by atoms with E-state index < -0.39 is 11.6 Å². The summed E-state index contributed by atoms with van der Waals surface area (Å²) in [4.78, 5) is 25.4. The van der Waals surface area contributed by atoms with Crippen LogP contribution >= 0.6 is 0 Å². The van der Waals surface area contributed by atoms with Crippen LogP contribution in [0, 0.1) is 5.41 Å². The fourth-order valence-electron chi connectivity index (χ4n) is 4.28. The Bertz CT molecular complexity index is 691. The Morgan fingerprint density at radius 1 is 1.28 bits per heavy atom. The van der Waals surface area contributed by atoms with E-state index in [9.17, 15) is 14.7 Å². The van der Waals surface area contributed by atoms with Crippen LogP contribution in [0.15, 0.2) is 18.2 Å². The van der Waals surface area contributed by atoms with E-state index in [0.717, 1.165) is 42.6 Å². The molecule has 136 valence electrons. The lowest BCUT2D eigenvalue weighted by Crippen LogP contribution is -2.58. The van der Waals surface area contributed by atoms with Crippen molar-refractivity contribution in [3.05, 3.63) is 29.3 Å². The van der Waals surface area contributed by atoms with Gasteiger partial charge in [-0.15, -0.1) is 0 Å². The zero-order chi connectivity index (χ0) is 18.2. The van der Waals surface area contributed by atoms with Gasteiger partial charge in [-0.05, 0) is 37.2 Å². The Morgan fingerprint density at radius 2 is 2.04 bits per heavy atom. The quantitative estimate of drug-likeness (QED) is 0.894. The second kappa shape index (κ2) is 6.36. The maximum Gasteiger partial charge on any atom is 0.407 e. The minimum Gasteiger partial charge on any atom is -0.491 e. The zero-order valence-corrected chi connectivity index (χ0v) is 15.3. The Labute approximate surface area is 149 Å². The average molecular weight is 345 g/mol. The smallest absolute Gasteiger partial charge is 0.407 e. The number of carbonyl (C=O) groups excluding carboxylic acids is 1. The average Bonchev–Trinajstić information content (AvgIpc) is 2.99. The second-order valence-electron chi connectivity index (χ2n) is 8.17. The summed E-state index contributed by atoms with van der Waals surface area (Å²) < 4.78 is 6.19. The van der Waals surface area contributed by atoms with Gasteiger partial charge in [0.1, 0.15) is 12.4 Å². The summed E-state index contributed by atoms with van der Waals surface area (Å²) in [5.41, 5.74) is 0.935. The van der Waals surface area contributed by atoms with Crippen molar-refractivity contribution in [3.63, 3.8) is 0 Å². The number of nitrogens with zero attached hydrogens (tertiary/aromatic N) is 1. The summed E-state index contributed by atoms with van der Waals surface area (Å²) >= 11 is 0. The molecule has 2 aliphatic rings. The van der Waals surface area contributed by atoms with Crippen molar-refractivity contribution in [1.82, 2.24) is 4.90 Å². The standard InChI is InChI=1S/C20H27NO4/c1-19(2,3)20(11-6-12-21(20)18(23)24)13-25-17-10-5-7-14-15(17)8-4-9-16(14)22/h5,7,10H,4,6,8-9,11-13H2,1-3H3,(H,23,24). The van der Waals surface area contributed by atoms with Gasteiger partial charge in [0, 0.05) is 24.1 Å². The first-order valence-electron chi connectivity index (χ1n) is 9.05. The Morgan fingerprint density at radius 3 is 2.72 bits per heavy atom. The number of ether oxygens (including phenoxy) is 1. The number of ketones is 1. The van der Waals surface area contributed by atoms with Gasteiger partial charge in [-0.2, -0.15) is 0 Å². The van der Waals surface area contributed by atoms with Gasteiger partial charge in [0.05, 0.1) is 5.54 Å². The molecule has 25 heavy (non-hydrogen) atoms. The van der Waals surface area contributed by atoms with Gasteiger partial charge < -0.3 is 9.84 Å². The molecule has 0 saturated carbocycles. The monoisotopic (exact) mass is 345 g/mol. The number of likely N-dealkylation sites (tertiary alicyclic amines) is 1. The fourth-order valence-corrected chi connectivity index (χ4v) is 4.28. The molecule has 1 amide bonds. The summed E-state index contributed by atoms with van der Waals surface area (Å²) in [5, 5.41) is 9.66. The first-order valence-corrected chi connectivity index (χ1v) is 9.05. The summed E-state index contributed by atoms with van der Waals surface area (Å²) in [6.07, 6.45) is 3.02. The summed E-state index contributed by atoms with van der Waals surface area (Å²) in [6, 6.07) is 5.61. The highest BCUT2D eigenvalue weighted by Gasteiger charge is 2.52. The summed E-state index contributed by atoms with van der Waals surface area (Å²) in [6.45, 7) is 7.07. The van der Waals surface area contributed by atoms with Crippen LogP contribution in [0.2, 0.25) is 0 Å². The van der Waals surface area contributed by atoms with Crippen LogP contribution in [0.4, 0.5) is 4.79 Å². The number of hydrogen-bond donors (Lipinski definition) is 1. The number of fused-ring (bicyclic) bond motifs is 1. The number of Topliss-reactive ketones (excluding diaryl/α,β-unsaturated/α-hetero) is 1. The molecule has 1 aromatic carbocycles. The predicted octanol–water partition coefficient (Wildman–Crippen LogP) is 4.14. The number of amides is 1. The third-order valence-electron chi connectivity index (χ3n) is 5.85. The number of rotatable bonds is 3. The predicted molar refractivity (Wildman–Crippen MR) is 95.4 cm³/mol. The molecule has 1 unspecified atom stereocenters. The first kappa shape index (κ1) is 17.8. The Balaban J connectivity index is 1.90. The van der Waals surface area contributed by atoms with Gasteiger partial charge in [-0.3, -0.25) is 9.69 Å². The highest BCUT2D eigenvalue weighted by molar-refractivity contribution is 5.99. The minimum atomic E-state index is -0.888. The highest BCUT2D eigenvalue weighted by atomic mass is 16.5. The van der Waals surface area contributed by atoms with E-state index in [1.807, 2.05) is 18.2 Å². The molecule has 1 aliphatic heterocycles. The minimum absolute atomic E-state index is 0.172. The third kappa shape index (κ3) is 3.00. The van der Waals surface area contributed by atoms with E-state index in [1.54, 1.807) is 4.90 Å². The second-order valence-corrected chi connectivity index (χ2v) is 8.17. The summed E-state index contributed by atoms with van der Waals surface area (Å²) in [5.74, 6) is 0.900. The largest absolute Gasteiger partial charge is 0.491 e. The molecular formula is C20H27NO4. The number of carboxylic acid groups (broad SMARTS) is 1. The van der Waals surface area contributed by atoms with Crippen molar-refractivity contribution in [2.45, 2.75) is 58.4 Å². The molecule has 5 nitrogen and oxygen atoms in total. The molecule has 1 aromatic rings. The molecule has 1 N–H and O–H groups in total. The maximum atomic E-state index is 12.1. The molecule has 0 radical (unpaired) electrons. The molecule has 0 aromatic heterocycles. The topological polar surface area (TPSA) is 66.8 Å². The maximum absolute atomic E-state index is 12.1. The van der Waals surface area contributed by atoms with E-state index in [2.05, 4.69) is 20.8 Å². The van der Waals surface area contributed by atoms with Gasteiger partial charge in [-0.25, -0.2) is 4.79 Å². The lowest BCUT2D eigenvalue weighted by Gasteiger charge is -2.46. The SMILES string of the molecule is CC(C)(C)C1(COc2cccc3c2CCCC3=O)CCCN1C(=O)O. The zero-order valence-electron chi connectivity index (χ0n) is 15.3. The van der Waals surface area contributed by atoms with E-state index >= 15 is 0 Å². The van der Waals surface area contributed by atoms with Crippen molar-refractivity contribution >= 4 is 11.9 Å². The molecule has 3 rings (SSSR count). The van der Waals surface area contributed by atoms with Crippen molar-refractivity contribution in [2.75, 3.05) is 13.2 Å². The van der Waals surface area contributed by atoms with Gasteiger partial charge in [-0.1, -0.05) is 32.9 Å². The van der Waals surface area contributed by atoms with Crippen LogP contribution in [0.1, 0.15) is 62.4 Å². The van der Waals surface area contributed by atoms with Gasteiger partial charge in [0.15, 0.2) is 5.78 Å². The van der Waals surface area contributed by atoms with E-state index in [1.165, 1.54) is 0 Å². The van der Waals surface area contributed by atoms with Crippen molar-refractivity contribution in [1.29, 1.82) is 0 Å². The van der Waals surface area contributed by atoms with E-state index in [0.29, 0.717) is 19.6 Å². The molecule has 1 atom stereocenters. The van der Waals surface area contributed by atoms with Gasteiger partial charge >= 0.3 is 6.09 Å². The van der Waals surface area contributed by atoms with E-state index in [4.69, 9.17) is 4.74 Å². The number of benzene rings is 1. The molecular weight excluding hydrogens is 318 g/mol. The molecule has 1 aliphatic carbocycles. The van der Waals surface area contributed by atoms with Crippen molar-refractivity contribution in [3.8, 4) is 5.75 Å². The van der Waals surface area contributed by atoms with Crippen LogP contribution in [-0.4, -0.2) is 40.6 Å².